The minimum atomic E-state index is -0.0149. The second-order valence-corrected chi connectivity index (χ2v) is 5.53. The molecule has 0 aromatic heterocycles. The zero-order valence-corrected chi connectivity index (χ0v) is 12.2. The van der Waals surface area contributed by atoms with Crippen LogP contribution in [0.1, 0.15) is 48.8 Å². The van der Waals surface area contributed by atoms with Gasteiger partial charge in [-0.2, -0.15) is 5.26 Å². The van der Waals surface area contributed by atoms with Crippen LogP contribution >= 0.6 is 0 Å². The molecule has 2 aromatic carbocycles. The van der Waals surface area contributed by atoms with E-state index in [9.17, 15) is 5.26 Å². The van der Waals surface area contributed by atoms with Crippen LogP contribution in [0.5, 0.6) is 0 Å². The lowest BCUT2D eigenvalue weighted by molar-refractivity contribution is 0.744. The lowest BCUT2D eigenvalue weighted by atomic mass is 9.92. The first kappa shape index (κ1) is 14.3. The Bertz CT molecular complexity index is 578. The molecule has 0 unspecified atom stereocenters. The number of rotatable bonds is 5. The van der Waals surface area contributed by atoms with Crippen molar-refractivity contribution in [2.24, 2.45) is 0 Å². The van der Waals surface area contributed by atoms with Crippen molar-refractivity contribution in [2.45, 2.75) is 38.5 Å². The number of nitrogens with zero attached hydrogens (tertiary/aromatic N) is 1. The van der Waals surface area contributed by atoms with Crippen LogP contribution in [0.15, 0.2) is 54.6 Å². The van der Waals surface area contributed by atoms with Crippen molar-refractivity contribution in [1.82, 2.24) is 0 Å². The Kier molecular flexibility index (Phi) is 4.96. The average molecular weight is 263 g/mol. The maximum Gasteiger partial charge on any atom is 0.0715 e. The largest absolute Gasteiger partial charge is 0.198 e. The average Bonchev–Trinajstić information content (AvgIpc) is 2.49. The van der Waals surface area contributed by atoms with E-state index in [4.69, 9.17) is 0 Å². The summed E-state index contributed by atoms with van der Waals surface area (Å²) in [4.78, 5) is 0. The van der Waals surface area contributed by atoms with Gasteiger partial charge in [-0.15, -0.1) is 0 Å². The van der Waals surface area contributed by atoms with Gasteiger partial charge in [0.2, 0.25) is 0 Å². The van der Waals surface area contributed by atoms with Crippen molar-refractivity contribution < 1.29 is 0 Å². The molecular weight excluding hydrogens is 242 g/mol. The van der Waals surface area contributed by atoms with Gasteiger partial charge in [-0.3, -0.25) is 0 Å². The van der Waals surface area contributed by atoms with Crippen LogP contribution < -0.4 is 0 Å². The van der Waals surface area contributed by atoms with Gasteiger partial charge in [0.1, 0.15) is 0 Å². The minimum absolute atomic E-state index is 0.0149. The Balaban J connectivity index is 2.04. The van der Waals surface area contributed by atoms with Crippen LogP contribution in [-0.4, -0.2) is 0 Å². The highest BCUT2D eigenvalue weighted by molar-refractivity contribution is 5.28. The molecule has 2 aromatic rings. The normalized spacial score (nSPS) is 12.1. The van der Waals surface area contributed by atoms with E-state index in [1.54, 1.807) is 0 Å². The maximum absolute atomic E-state index is 9.35. The van der Waals surface area contributed by atoms with E-state index in [2.05, 4.69) is 44.2 Å². The lowest BCUT2D eigenvalue weighted by Crippen LogP contribution is -1.99. The topological polar surface area (TPSA) is 23.8 Å². The quantitative estimate of drug-likeness (QED) is 0.740. The molecule has 20 heavy (non-hydrogen) atoms. The van der Waals surface area contributed by atoms with Crippen LogP contribution in [-0.2, 0) is 6.42 Å². The Morgan fingerprint density at radius 2 is 1.65 bits per heavy atom. The van der Waals surface area contributed by atoms with Crippen LogP contribution in [0.3, 0.4) is 0 Å². The SMILES string of the molecule is CC(C)c1cccc(CC[C@@H](C#N)c2ccccc2)c1. The van der Waals surface area contributed by atoms with Gasteiger partial charge >= 0.3 is 0 Å². The fraction of sp³-hybridized carbons (Fsp3) is 0.316. The standard InChI is InChI=1S/C19H21N/c1-15(2)18-10-6-7-16(13-18)11-12-19(14-20)17-8-4-3-5-9-17/h3-10,13,15,19H,11-12H2,1-2H3/t19-/m0/s1. The molecule has 0 radical (unpaired) electrons. The maximum atomic E-state index is 9.35. The summed E-state index contributed by atoms with van der Waals surface area (Å²) >= 11 is 0. The molecule has 0 saturated carbocycles. The van der Waals surface area contributed by atoms with Crippen molar-refractivity contribution >= 4 is 0 Å². The first-order valence-electron chi connectivity index (χ1n) is 7.24. The van der Waals surface area contributed by atoms with Crippen molar-refractivity contribution in [3.8, 4) is 6.07 Å². The van der Waals surface area contributed by atoms with Crippen molar-refractivity contribution in [1.29, 1.82) is 5.26 Å². The zero-order chi connectivity index (χ0) is 14.4. The molecule has 1 heteroatoms. The van der Waals surface area contributed by atoms with Gasteiger partial charge in [-0.25, -0.2) is 0 Å². The summed E-state index contributed by atoms with van der Waals surface area (Å²) in [6.45, 7) is 4.42. The van der Waals surface area contributed by atoms with Gasteiger partial charge in [0.05, 0.1) is 12.0 Å². The van der Waals surface area contributed by atoms with E-state index < -0.39 is 0 Å². The summed E-state index contributed by atoms with van der Waals surface area (Å²) in [6, 6.07) is 21.2. The first-order chi connectivity index (χ1) is 9.70. The number of nitriles is 1. The molecule has 0 fully saturated rings. The third kappa shape index (κ3) is 3.71. The molecule has 0 aliphatic heterocycles. The highest BCUT2D eigenvalue weighted by Crippen LogP contribution is 2.22. The van der Waals surface area contributed by atoms with Gasteiger partial charge in [0.25, 0.3) is 0 Å². The number of hydrogen-bond donors (Lipinski definition) is 0. The number of hydrogen-bond acceptors (Lipinski definition) is 1. The highest BCUT2D eigenvalue weighted by Gasteiger charge is 2.10. The molecule has 0 heterocycles. The lowest BCUT2D eigenvalue weighted by Gasteiger charge is -2.11. The molecule has 0 aliphatic rings. The van der Waals surface area contributed by atoms with Gasteiger partial charge in [-0.1, -0.05) is 68.4 Å². The fourth-order valence-electron chi connectivity index (χ4n) is 2.41. The molecular formula is C19H21N. The Hall–Kier alpha value is -2.07. The fourth-order valence-corrected chi connectivity index (χ4v) is 2.41. The monoisotopic (exact) mass is 263 g/mol. The van der Waals surface area contributed by atoms with Crippen molar-refractivity contribution in [3.63, 3.8) is 0 Å². The van der Waals surface area contributed by atoms with Gasteiger partial charge in [0.15, 0.2) is 0 Å². The number of aryl methyl sites for hydroxylation is 1. The zero-order valence-electron chi connectivity index (χ0n) is 12.2. The molecule has 0 aliphatic carbocycles. The molecule has 1 atom stereocenters. The van der Waals surface area contributed by atoms with E-state index in [0.717, 1.165) is 18.4 Å². The summed E-state index contributed by atoms with van der Waals surface area (Å²) in [7, 11) is 0. The van der Waals surface area contributed by atoms with Crippen LogP contribution in [0.25, 0.3) is 0 Å². The highest BCUT2D eigenvalue weighted by atomic mass is 14.3. The van der Waals surface area contributed by atoms with Gasteiger partial charge in [0, 0.05) is 0 Å². The minimum Gasteiger partial charge on any atom is -0.198 e. The van der Waals surface area contributed by atoms with Crippen LogP contribution in [0.4, 0.5) is 0 Å². The first-order valence-corrected chi connectivity index (χ1v) is 7.24. The molecule has 2 rings (SSSR count). The van der Waals surface area contributed by atoms with E-state index in [1.807, 2.05) is 30.3 Å². The summed E-state index contributed by atoms with van der Waals surface area (Å²) in [6.07, 6.45) is 1.83. The predicted octanol–water partition coefficient (Wildman–Crippen LogP) is 5.05. The summed E-state index contributed by atoms with van der Waals surface area (Å²) in [5.74, 6) is 0.537. The Labute approximate surface area is 121 Å². The Morgan fingerprint density at radius 1 is 0.950 bits per heavy atom. The molecule has 102 valence electrons. The van der Waals surface area contributed by atoms with Gasteiger partial charge in [-0.05, 0) is 35.4 Å². The molecule has 0 saturated heterocycles. The Morgan fingerprint density at radius 3 is 2.30 bits per heavy atom. The van der Waals surface area contributed by atoms with Crippen LogP contribution in [0.2, 0.25) is 0 Å². The van der Waals surface area contributed by atoms with E-state index >= 15 is 0 Å². The van der Waals surface area contributed by atoms with Crippen molar-refractivity contribution in [3.05, 3.63) is 71.3 Å². The molecule has 0 N–H and O–H groups in total. The molecule has 0 bridgehead atoms. The van der Waals surface area contributed by atoms with E-state index in [0.29, 0.717) is 5.92 Å². The second-order valence-electron chi connectivity index (χ2n) is 5.53. The summed E-state index contributed by atoms with van der Waals surface area (Å²) < 4.78 is 0. The molecule has 1 nitrogen and oxygen atoms in total. The van der Waals surface area contributed by atoms with Crippen molar-refractivity contribution in [2.75, 3.05) is 0 Å². The summed E-state index contributed by atoms with van der Waals surface area (Å²) in [5, 5.41) is 9.35. The van der Waals surface area contributed by atoms with Gasteiger partial charge < -0.3 is 0 Å². The predicted molar refractivity (Wildman–Crippen MR) is 83.6 cm³/mol. The van der Waals surface area contributed by atoms with Crippen LogP contribution in [0, 0.1) is 11.3 Å². The molecule has 0 spiro atoms. The number of benzene rings is 2. The smallest absolute Gasteiger partial charge is 0.0715 e. The third-order valence-corrected chi connectivity index (χ3v) is 3.70. The van der Waals surface area contributed by atoms with E-state index in [-0.39, 0.29) is 5.92 Å². The molecule has 0 amide bonds. The second kappa shape index (κ2) is 6.91. The van der Waals surface area contributed by atoms with E-state index in [1.165, 1.54) is 11.1 Å². The summed E-state index contributed by atoms with van der Waals surface area (Å²) in [5.41, 5.74) is 3.82. The third-order valence-electron chi connectivity index (χ3n) is 3.70.